The van der Waals surface area contributed by atoms with Crippen molar-refractivity contribution in [3.05, 3.63) is 35.4 Å². The zero-order valence-corrected chi connectivity index (χ0v) is 15.5. The first-order valence-corrected chi connectivity index (χ1v) is 10.0. The van der Waals surface area contributed by atoms with Gasteiger partial charge in [-0.05, 0) is 25.5 Å². The highest BCUT2D eigenvalue weighted by Gasteiger charge is 2.35. The van der Waals surface area contributed by atoms with E-state index >= 15 is 0 Å². The van der Waals surface area contributed by atoms with Crippen LogP contribution >= 0.6 is 0 Å². The lowest BCUT2D eigenvalue weighted by atomic mass is 10.1. The minimum absolute atomic E-state index is 0.0594. The minimum atomic E-state index is -3.55. The zero-order chi connectivity index (χ0) is 19.3. The van der Waals surface area contributed by atoms with Crippen LogP contribution in [-0.4, -0.2) is 56.0 Å². The van der Waals surface area contributed by atoms with Gasteiger partial charge in [-0.1, -0.05) is 25.5 Å². The van der Waals surface area contributed by atoms with Crippen LogP contribution in [0, 0.1) is 0 Å². The van der Waals surface area contributed by atoms with E-state index in [1.165, 1.54) is 6.92 Å². The molecule has 0 fully saturated rings. The molecule has 0 aromatic heterocycles. The van der Waals surface area contributed by atoms with Crippen molar-refractivity contribution in [1.29, 1.82) is 0 Å². The van der Waals surface area contributed by atoms with Crippen LogP contribution in [0.3, 0.4) is 0 Å². The molecule has 1 aromatic carbocycles. The van der Waals surface area contributed by atoms with Crippen LogP contribution < -0.4 is 4.72 Å². The molecule has 8 nitrogen and oxygen atoms in total. The smallest absolute Gasteiger partial charge is 0.323 e. The summed E-state index contributed by atoms with van der Waals surface area (Å²) in [5.74, 6) is -1.69. The molecule has 0 saturated carbocycles. The summed E-state index contributed by atoms with van der Waals surface area (Å²) in [6.07, 6.45) is 1.22. The molecule has 1 aliphatic rings. The molecule has 1 heterocycles. The number of rotatable bonds is 9. The summed E-state index contributed by atoms with van der Waals surface area (Å²) in [5.41, 5.74) is 0.641. The van der Waals surface area contributed by atoms with Crippen LogP contribution in [0.2, 0.25) is 0 Å². The van der Waals surface area contributed by atoms with Crippen LogP contribution in [-0.2, 0) is 19.6 Å². The van der Waals surface area contributed by atoms with Crippen LogP contribution in [0.1, 0.15) is 47.4 Å². The molecule has 0 spiro atoms. The molecule has 0 radical (unpaired) electrons. The number of nitrogens with one attached hydrogen (secondary N) is 1. The quantitative estimate of drug-likeness (QED) is 0.503. The lowest BCUT2D eigenvalue weighted by Gasteiger charge is -2.16. The number of nitrogens with zero attached hydrogens (tertiary/aromatic N) is 1. The number of sulfonamides is 1. The third-order valence-electron chi connectivity index (χ3n) is 3.91. The minimum Gasteiger partial charge on any atom is -0.463 e. The molecule has 0 unspecified atom stereocenters. The number of fused-ring (bicyclic) bond motifs is 1. The van der Waals surface area contributed by atoms with E-state index in [4.69, 9.17) is 4.74 Å². The van der Waals surface area contributed by atoms with Gasteiger partial charge in [0, 0.05) is 0 Å². The molecular formula is C17H22N2O6S. The summed E-state index contributed by atoms with van der Waals surface area (Å²) in [4.78, 5) is 37.3. The fraction of sp³-hybridized carbons (Fsp3) is 0.471. The Labute approximate surface area is 152 Å². The number of amides is 2. The zero-order valence-electron chi connectivity index (χ0n) is 14.7. The Balaban J connectivity index is 1.84. The second kappa shape index (κ2) is 8.41. The second-order valence-electron chi connectivity index (χ2n) is 5.99. The van der Waals surface area contributed by atoms with E-state index in [1.54, 1.807) is 24.3 Å². The monoisotopic (exact) mass is 382 g/mol. The summed E-state index contributed by atoms with van der Waals surface area (Å²) >= 11 is 0. The number of carbonyl (C=O) groups excluding carboxylic acids is 3. The Bertz CT molecular complexity index is 770. The largest absolute Gasteiger partial charge is 0.463 e. The molecule has 1 atom stereocenters. The Hall–Kier alpha value is -2.26. The fourth-order valence-corrected chi connectivity index (χ4v) is 3.94. The van der Waals surface area contributed by atoms with Crippen LogP contribution in [0.5, 0.6) is 0 Å². The molecule has 0 aliphatic carbocycles. The maximum atomic E-state index is 12.2. The SMILES string of the molecule is CCCCS(=O)(=O)N[C@@H](C)C(=O)OCCN1C(=O)c2ccccc2C1=O. The van der Waals surface area contributed by atoms with Gasteiger partial charge in [0.25, 0.3) is 11.8 Å². The average Bonchev–Trinajstić information content (AvgIpc) is 2.84. The standard InChI is InChI=1S/C17H22N2O6S/c1-3-4-11-26(23,24)18-12(2)17(22)25-10-9-19-15(20)13-7-5-6-8-14(13)16(19)21/h5-8,12,18H,3-4,9-11H2,1-2H3/t12-/m0/s1. The van der Waals surface area contributed by atoms with E-state index in [-0.39, 0.29) is 18.9 Å². The van der Waals surface area contributed by atoms with Crippen LogP contribution in [0.25, 0.3) is 0 Å². The van der Waals surface area contributed by atoms with Gasteiger partial charge in [0.05, 0.1) is 23.4 Å². The van der Waals surface area contributed by atoms with E-state index in [9.17, 15) is 22.8 Å². The van der Waals surface area contributed by atoms with Crippen molar-refractivity contribution < 1.29 is 27.5 Å². The first-order chi connectivity index (χ1) is 12.3. The Kier molecular flexibility index (Phi) is 6.49. The van der Waals surface area contributed by atoms with Crippen molar-refractivity contribution in [1.82, 2.24) is 9.62 Å². The van der Waals surface area contributed by atoms with Gasteiger partial charge in [0.15, 0.2) is 0 Å². The Morgan fingerprint density at radius 1 is 1.19 bits per heavy atom. The number of hydrogen-bond donors (Lipinski definition) is 1. The lowest BCUT2D eigenvalue weighted by Crippen LogP contribution is -2.41. The molecule has 1 aliphatic heterocycles. The predicted octanol–water partition coefficient (Wildman–Crippen LogP) is 0.934. The van der Waals surface area contributed by atoms with Crippen LogP contribution in [0.15, 0.2) is 24.3 Å². The second-order valence-corrected chi connectivity index (χ2v) is 7.86. The number of benzene rings is 1. The van der Waals surface area contributed by atoms with E-state index in [2.05, 4.69) is 4.72 Å². The van der Waals surface area contributed by atoms with Gasteiger partial charge in [-0.15, -0.1) is 0 Å². The van der Waals surface area contributed by atoms with Gasteiger partial charge in [-0.2, -0.15) is 0 Å². The first kappa shape index (κ1) is 20.1. The highest BCUT2D eigenvalue weighted by Crippen LogP contribution is 2.21. The molecular weight excluding hydrogens is 360 g/mol. The van der Waals surface area contributed by atoms with Crippen LogP contribution in [0.4, 0.5) is 0 Å². The molecule has 1 aromatic rings. The van der Waals surface area contributed by atoms with Crippen molar-refractivity contribution >= 4 is 27.8 Å². The third kappa shape index (κ3) is 4.67. The maximum Gasteiger partial charge on any atom is 0.323 e. The highest BCUT2D eigenvalue weighted by atomic mass is 32.2. The lowest BCUT2D eigenvalue weighted by molar-refractivity contribution is -0.145. The van der Waals surface area contributed by atoms with Crippen molar-refractivity contribution in [3.63, 3.8) is 0 Å². The summed E-state index contributed by atoms with van der Waals surface area (Å²) in [5, 5.41) is 0. The van der Waals surface area contributed by atoms with E-state index in [1.807, 2.05) is 6.92 Å². The summed E-state index contributed by atoms with van der Waals surface area (Å²) < 4.78 is 30.8. The summed E-state index contributed by atoms with van der Waals surface area (Å²) in [6, 6.07) is 5.42. The highest BCUT2D eigenvalue weighted by molar-refractivity contribution is 7.89. The van der Waals surface area contributed by atoms with Gasteiger partial charge in [-0.3, -0.25) is 19.3 Å². The molecule has 2 amide bonds. The third-order valence-corrected chi connectivity index (χ3v) is 5.45. The normalized spacial score (nSPS) is 15.1. The van der Waals surface area contributed by atoms with Crippen molar-refractivity contribution in [3.8, 4) is 0 Å². The van der Waals surface area contributed by atoms with E-state index in [0.29, 0.717) is 17.5 Å². The maximum absolute atomic E-state index is 12.2. The molecule has 2 rings (SSSR count). The van der Waals surface area contributed by atoms with Gasteiger partial charge < -0.3 is 4.74 Å². The summed E-state index contributed by atoms with van der Waals surface area (Å²) in [6.45, 7) is 2.96. The van der Waals surface area contributed by atoms with Crippen molar-refractivity contribution in [2.24, 2.45) is 0 Å². The molecule has 0 bridgehead atoms. The predicted molar refractivity (Wildman–Crippen MR) is 94.1 cm³/mol. The molecule has 26 heavy (non-hydrogen) atoms. The number of hydrogen-bond acceptors (Lipinski definition) is 6. The number of imide groups is 1. The molecule has 1 N–H and O–H groups in total. The fourth-order valence-electron chi connectivity index (χ4n) is 2.52. The first-order valence-electron chi connectivity index (χ1n) is 8.38. The van der Waals surface area contributed by atoms with Gasteiger partial charge in [0.1, 0.15) is 12.6 Å². The molecule has 142 valence electrons. The van der Waals surface area contributed by atoms with Crippen molar-refractivity contribution in [2.45, 2.75) is 32.7 Å². The Morgan fingerprint density at radius 2 is 1.77 bits per heavy atom. The number of unbranched alkanes of at least 4 members (excludes halogenated alkanes) is 1. The van der Waals surface area contributed by atoms with Crippen molar-refractivity contribution in [2.75, 3.05) is 18.9 Å². The number of carbonyl (C=O) groups is 3. The Morgan fingerprint density at radius 3 is 2.31 bits per heavy atom. The van der Waals surface area contributed by atoms with Gasteiger partial charge in [-0.25, -0.2) is 13.1 Å². The average molecular weight is 382 g/mol. The topological polar surface area (TPSA) is 110 Å². The summed E-state index contributed by atoms with van der Waals surface area (Å²) in [7, 11) is -3.55. The molecule has 9 heteroatoms. The number of ether oxygens (including phenoxy) is 1. The molecule has 0 saturated heterocycles. The van der Waals surface area contributed by atoms with Gasteiger partial charge in [0.2, 0.25) is 10.0 Å². The van der Waals surface area contributed by atoms with Gasteiger partial charge >= 0.3 is 5.97 Å². The van der Waals surface area contributed by atoms with E-state index < -0.39 is 33.8 Å². The van der Waals surface area contributed by atoms with E-state index in [0.717, 1.165) is 11.3 Å². The number of esters is 1.